The van der Waals surface area contributed by atoms with Crippen LogP contribution < -0.4 is 4.74 Å². The lowest BCUT2D eigenvalue weighted by Gasteiger charge is -2.12. The summed E-state index contributed by atoms with van der Waals surface area (Å²) in [6.45, 7) is 0.718. The molecular formula is C19H17N3OS. The van der Waals surface area contributed by atoms with Crippen molar-refractivity contribution in [3.63, 3.8) is 0 Å². The molecule has 120 valence electrons. The predicted molar refractivity (Wildman–Crippen MR) is 96.1 cm³/mol. The van der Waals surface area contributed by atoms with Crippen molar-refractivity contribution >= 4 is 11.8 Å². The molecule has 0 N–H and O–H groups in total. The highest BCUT2D eigenvalue weighted by Crippen LogP contribution is 2.28. The zero-order valence-electron chi connectivity index (χ0n) is 13.3. The van der Waals surface area contributed by atoms with Crippen LogP contribution >= 0.6 is 11.8 Å². The van der Waals surface area contributed by atoms with Gasteiger partial charge < -0.3 is 9.30 Å². The van der Waals surface area contributed by atoms with Gasteiger partial charge in [-0.3, -0.25) is 0 Å². The maximum Gasteiger partial charge on any atom is 0.169 e. The molecule has 1 aromatic heterocycles. The maximum absolute atomic E-state index is 8.87. The minimum atomic E-state index is 0.383. The predicted octanol–water partition coefficient (Wildman–Crippen LogP) is 4.22. The van der Waals surface area contributed by atoms with Crippen LogP contribution in [0, 0.1) is 11.3 Å². The Labute approximate surface area is 145 Å². The van der Waals surface area contributed by atoms with Crippen LogP contribution in [0.3, 0.4) is 0 Å². The van der Waals surface area contributed by atoms with Gasteiger partial charge in [-0.25, -0.2) is 4.98 Å². The second-order valence-electron chi connectivity index (χ2n) is 5.17. The zero-order valence-corrected chi connectivity index (χ0v) is 14.2. The highest BCUT2D eigenvalue weighted by Gasteiger charge is 2.13. The van der Waals surface area contributed by atoms with Crippen LogP contribution in [0.15, 0.2) is 66.0 Å². The molecule has 24 heavy (non-hydrogen) atoms. The highest BCUT2D eigenvalue weighted by atomic mass is 32.2. The normalized spacial score (nSPS) is 10.3. The Kier molecular flexibility index (Phi) is 5.19. The number of nitrogens with zero attached hydrogens (tertiary/aromatic N) is 3. The van der Waals surface area contributed by atoms with Crippen molar-refractivity contribution in [2.45, 2.75) is 11.7 Å². The average Bonchev–Trinajstić information content (AvgIpc) is 3.03. The maximum atomic E-state index is 8.87. The summed E-state index contributed by atoms with van der Waals surface area (Å²) < 4.78 is 7.38. The van der Waals surface area contributed by atoms with Crippen molar-refractivity contribution in [3.05, 3.63) is 66.4 Å². The van der Waals surface area contributed by atoms with E-state index >= 15 is 0 Å². The van der Waals surface area contributed by atoms with Crippen LogP contribution in [-0.4, -0.2) is 22.4 Å². The van der Waals surface area contributed by atoms with Gasteiger partial charge in [0, 0.05) is 5.56 Å². The van der Waals surface area contributed by atoms with E-state index in [0.717, 1.165) is 28.7 Å². The summed E-state index contributed by atoms with van der Waals surface area (Å²) in [6, 6.07) is 20.3. The molecule has 0 spiro atoms. The second kappa shape index (κ2) is 7.71. The largest absolute Gasteiger partial charge is 0.497 e. The number of nitriles is 1. The second-order valence-corrected chi connectivity index (χ2v) is 6.12. The van der Waals surface area contributed by atoms with Crippen LogP contribution in [0.4, 0.5) is 0 Å². The Morgan fingerprint density at radius 3 is 2.54 bits per heavy atom. The van der Waals surface area contributed by atoms with Crippen molar-refractivity contribution in [2.75, 3.05) is 12.9 Å². The molecule has 0 aliphatic carbocycles. The summed E-state index contributed by atoms with van der Waals surface area (Å²) in [5.41, 5.74) is 3.30. The first-order valence-electron chi connectivity index (χ1n) is 7.55. The molecule has 0 saturated carbocycles. The lowest BCUT2D eigenvalue weighted by molar-refractivity contribution is 0.415. The number of benzene rings is 2. The lowest BCUT2D eigenvalue weighted by atomic mass is 10.1. The molecule has 3 rings (SSSR count). The zero-order chi connectivity index (χ0) is 16.8. The van der Waals surface area contributed by atoms with Gasteiger partial charge in [-0.15, -0.1) is 0 Å². The Hall–Kier alpha value is -2.71. The van der Waals surface area contributed by atoms with Crippen LogP contribution in [0.1, 0.15) is 5.56 Å². The van der Waals surface area contributed by atoms with Gasteiger partial charge in [0.2, 0.25) is 0 Å². The van der Waals surface area contributed by atoms with E-state index in [1.54, 1.807) is 7.11 Å². The molecule has 0 radical (unpaired) electrons. The molecule has 4 nitrogen and oxygen atoms in total. The minimum Gasteiger partial charge on any atom is -0.497 e. The summed E-state index contributed by atoms with van der Waals surface area (Å²) in [6.07, 6.45) is 1.87. The van der Waals surface area contributed by atoms with E-state index < -0.39 is 0 Å². The Balaban J connectivity index is 1.98. The third kappa shape index (κ3) is 3.61. The quantitative estimate of drug-likeness (QED) is 0.633. The molecule has 0 amide bonds. The molecule has 0 bridgehead atoms. The number of imidazole rings is 1. The summed E-state index contributed by atoms with van der Waals surface area (Å²) in [7, 11) is 1.66. The van der Waals surface area contributed by atoms with Crippen molar-refractivity contribution in [2.24, 2.45) is 0 Å². The van der Waals surface area contributed by atoms with E-state index in [4.69, 9.17) is 10.00 Å². The van der Waals surface area contributed by atoms with Crippen molar-refractivity contribution in [3.8, 4) is 23.1 Å². The minimum absolute atomic E-state index is 0.383. The Bertz CT molecular complexity index is 835. The molecule has 0 fully saturated rings. The lowest BCUT2D eigenvalue weighted by Crippen LogP contribution is -2.03. The van der Waals surface area contributed by atoms with E-state index in [0.29, 0.717) is 5.75 Å². The first-order valence-corrected chi connectivity index (χ1v) is 8.54. The number of hydrogen-bond acceptors (Lipinski definition) is 4. The number of hydrogen-bond donors (Lipinski definition) is 0. The summed E-state index contributed by atoms with van der Waals surface area (Å²) in [5.74, 6) is 1.21. The van der Waals surface area contributed by atoms with Gasteiger partial charge in [0.05, 0.1) is 37.4 Å². The van der Waals surface area contributed by atoms with Gasteiger partial charge in [-0.2, -0.15) is 5.26 Å². The van der Waals surface area contributed by atoms with Gasteiger partial charge in [-0.1, -0.05) is 42.1 Å². The molecule has 3 aromatic rings. The molecule has 0 aliphatic heterocycles. The van der Waals surface area contributed by atoms with Crippen molar-refractivity contribution in [1.29, 1.82) is 5.26 Å². The van der Waals surface area contributed by atoms with E-state index in [2.05, 4.69) is 27.8 Å². The van der Waals surface area contributed by atoms with Gasteiger partial charge in [0.25, 0.3) is 0 Å². The number of rotatable bonds is 6. The van der Waals surface area contributed by atoms with Crippen molar-refractivity contribution < 1.29 is 4.74 Å². The fourth-order valence-electron chi connectivity index (χ4n) is 2.48. The fraction of sp³-hybridized carbons (Fsp3) is 0.158. The highest BCUT2D eigenvalue weighted by molar-refractivity contribution is 7.99. The van der Waals surface area contributed by atoms with Gasteiger partial charge >= 0.3 is 0 Å². The summed E-state index contributed by atoms with van der Waals surface area (Å²) in [5, 5.41) is 9.72. The first-order chi connectivity index (χ1) is 11.8. The standard InChI is InChI=1S/C19H17N3OS/c1-23-17-9-7-16(8-10-17)18-13-21-19(24-12-11-20)22(18)14-15-5-3-2-4-6-15/h2-10,13H,12,14H2,1H3. The van der Waals surface area contributed by atoms with E-state index in [-0.39, 0.29) is 0 Å². The number of aromatic nitrogens is 2. The van der Waals surface area contributed by atoms with E-state index in [9.17, 15) is 0 Å². The molecule has 5 heteroatoms. The molecule has 1 heterocycles. The third-order valence-electron chi connectivity index (χ3n) is 3.65. The monoisotopic (exact) mass is 335 g/mol. The first kappa shape index (κ1) is 16.2. The SMILES string of the molecule is COc1ccc(-c2cnc(SCC#N)n2Cc2ccccc2)cc1. The molecular weight excluding hydrogens is 318 g/mol. The molecule has 2 aromatic carbocycles. The number of ether oxygens (including phenoxy) is 1. The van der Waals surface area contributed by atoms with Crippen molar-refractivity contribution in [1.82, 2.24) is 9.55 Å². The van der Waals surface area contributed by atoms with Gasteiger partial charge in [0.1, 0.15) is 5.75 Å². The molecule has 0 aliphatic rings. The smallest absolute Gasteiger partial charge is 0.169 e. The van der Waals surface area contributed by atoms with Crippen LogP contribution in [0.2, 0.25) is 0 Å². The van der Waals surface area contributed by atoms with Gasteiger partial charge in [0.15, 0.2) is 5.16 Å². The average molecular weight is 335 g/mol. The Morgan fingerprint density at radius 1 is 1.12 bits per heavy atom. The van der Waals surface area contributed by atoms with Gasteiger partial charge in [-0.05, 0) is 29.8 Å². The third-order valence-corrected chi connectivity index (χ3v) is 4.51. The number of thioether (sulfide) groups is 1. The summed E-state index contributed by atoms with van der Waals surface area (Å²) >= 11 is 1.46. The van der Waals surface area contributed by atoms with Crippen LogP contribution in [-0.2, 0) is 6.54 Å². The van der Waals surface area contributed by atoms with Crippen LogP contribution in [0.5, 0.6) is 5.75 Å². The molecule has 0 unspecified atom stereocenters. The molecule has 0 saturated heterocycles. The topological polar surface area (TPSA) is 50.8 Å². The van der Waals surface area contributed by atoms with E-state index in [1.807, 2.05) is 48.7 Å². The van der Waals surface area contributed by atoms with Crippen LogP contribution in [0.25, 0.3) is 11.3 Å². The molecule has 0 atom stereocenters. The van der Waals surface area contributed by atoms with E-state index in [1.165, 1.54) is 17.3 Å². The Morgan fingerprint density at radius 2 is 1.88 bits per heavy atom. The fourth-order valence-corrected chi connectivity index (χ4v) is 3.12. The number of methoxy groups -OCH3 is 1. The summed E-state index contributed by atoms with van der Waals surface area (Å²) in [4.78, 5) is 4.51.